The van der Waals surface area contributed by atoms with Crippen LogP contribution in [0, 0.1) is 0 Å². The summed E-state index contributed by atoms with van der Waals surface area (Å²) < 4.78 is 6.37. The molecule has 0 N–H and O–H groups in total. The topological polar surface area (TPSA) is 25.8 Å². The molecule has 2 aliphatic carbocycles. The van der Waals surface area contributed by atoms with Crippen LogP contribution >= 0.6 is 24.8 Å². The number of aromatic nitrogens is 2. The summed E-state index contributed by atoms with van der Waals surface area (Å²) in [5.74, 6) is 0. The van der Waals surface area contributed by atoms with Crippen molar-refractivity contribution in [2.24, 2.45) is 0 Å². The third-order valence-corrected chi connectivity index (χ3v) is 28.2. The molecule has 6 heteroatoms. The molecule has 230 valence electrons. The second kappa shape index (κ2) is 11.8. The van der Waals surface area contributed by atoms with Crippen LogP contribution in [0.15, 0.2) is 121 Å². The standard InChI is InChI=1S/2C19H14N.2CH3.2ClH.H2Si.Zr/c2*1-13-9-14-6-4-7-17(18(14)10-13)16-11-15-5-2-3-8-19(15)20-12-16;;;;;;/h2*2-12H,1H3;2*1H3;2*1H;1H2;. The maximum Gasteiger partial charge on any atom is -0.147 e. The maximum absolute atomic E-state index is 4.81. The Morgan fingerprint density at radius 2 is 0.978 bits per heavy atom. The number of para-hydroxylation sites is 2. The minimum atomic E-state index is -3.63. The van der Waals surface area contributed by atoms with E-state index in [9.17, 15) is 0 Å². The molecule has 0 aliphatic heterocycles. The Morgan fingerprint density at radius 3 is 1.41 bits per heavy atom. The summed E-state index contributed by atoms with van der Waals surface area (Å²) >= 11 is -3.63. The summed E-state index contributed by atoms with van der Waals surface area (Å²) in [6, 6.07) is 35.3. The van der Waals surface area contributed by atoms with E-state index in [0.717, 1.165) is 11.0 Å². The maximum atomic E-state index is 4.81. The number of benzene rings is 4. The van der Waals surface area contributed by atoms with Crippen molar-refractivity contribution in [1.29, 1.82) is 0 Å². The third-order valence-electron chi connectivity index (χ3n) is 10.3. The van der Waals surface area contributed by atoms with Gasteiger partial charge in [0.05, 0.1) is 0 Å². The number of nitrogens with zero attached hydrogens (tertiary/aromatic N) is 2. The monoisotopic (exact) mass is 734 g/mol. The first-order valence-electron chi connectivity index (χ1n) is 15.6. The van der Waals surface area contributed by atoms with E-state index in [1.807, 2.05) is 0 Å². The molecule has 0 saturated carbocycles. The fourth-order valence-electron chi connectivity index (χ4n) is 8.73. The summed E-state index contributed by atoms with van der Waals surface area (Å²) in [7, 11) is 0. The van der Waals surface area contributed by atoms with Crippen molar-refractivity contribution in [2.45, 2.75) is 30.4 Å². The molecule has 0 fully saturated rings. The quantitative estimate of drug-likeness (QED) is 0.168. The van der Waals surface area contributed by atoms with E-state index in [4.69, 9.17) is 9.97 Å². The van der Waals surface area contributed by atoms with Gasteiger partial charge < -0.3 is 0 Å². The minimum absolute atomic E-state index is 0. The van der Waals surface area contributed by atoms with E-state index in [2.05, 4.69) is 152 Å². The molecule has 0 amide bonds. The van der Waals surface area contributed by atoms with Crippen molar-refractivity contribution in [3.8, 4) is 22.3 Å². The van der Waals surface area contributed by atoms with Gasteiger partial charge in [0.2, 0.25) is 0 Å². The molecular weight excluding hydrogens is 699 g/mol. The molecule has 6 aromatic rings. The van der Waals surface area contributed by atoms with Gasteiger partial charge in [-0.15, -0.1) is 24.8 Å². The molecule has 46 heavy (non-hydrogen) atoms. The van der Waals surface area contributed by atoms with Crippen molar-refractivity contribution < 1.29 is 17.4 Å². The van der Waals surface area contributed by atoms with E-state index >= 15 is 0 Å². The van der Waals surface area contributed by atoms with Crippen LogP contribution in [0.3, 0.4) is 0 Å². The van der Waals surface area contributed by atoms with Gasteiger partial charge in [-0.05, 0) is 0 Å². The van der Waals surface area contributed by atoms with Gasteiger partial charge in [0.1, 0.15) is 0 Å². The Kier molecular flexibility index (Phi) is 8.43. The molecule has 0 radical (unpaired) electrons. The second-order valence-electron chi connectivity index (χ2n) is 14.0. The van der Waals surface area contributed by atoms with Gasteiger partial charge in [-0.3, -0.25) is 0 Å². The number of hydrogen-bond acceptors (Lipinski definition) is 2. The average Bonchev–Trinajstić information content (AvgIpc) is 3.57. The van der Waals surface area contributed by atoms with Crippen molar-refractivity contribution >= 4 is 65.7 Å². The zero-order valence-corrected chi connectivity index (χ0v) is 32.1. The number of allylic oxidation sites excluding steroid dienone is 2. The van der Waals surface area contributed by atoms with Crippen LogP contribution < -0.4 is 0 Å². The zero-order valence-electron chi connectivity index (χ0n) is 26.6. The zero-order chi connectivity index (χ0) is 30.2. The molecule has 2 nitrogen and oxygen atoms in total. The van der Waals surface area contributed by atoms with Crippen LogP contribution in [0.5, 0.6) is 0 Å². The van der Waals surface area contributed by atoms with E-state index in [1.165, 1.54) is 66.4 Å². The number of fused-ring (bicyclic) bond motifs is 4. The van der Waals surface area contributed by atoms with Gasteiger partial charge in [0, 0.05) is 0 Å². The van der Waals surface area contributed by atoms with E-state index in [1.54, 1.807) is 0 Å². The fraction of sp³-hybridized carbons (Fsp3) is 0.150. The van der Waals surface area contributed by atoms with Crippen molar-refractivity contribution in [2.75, 3.05) is 0 Å². The summed E-state index contributed by atoms with van der Waals surface area (Å²) in [6.45, 7) is 7.17. The number of halogens is 2. The molecule has 0 spiro atoms. The smallest absolute Gasteiger partial charge is 0.147 e. The molecule has 2 aliphatic rings. The number of pyridine rings is 2. The molecule has 2 aromatic heterocycles. The Morgan fingerprint density at radius 1 is 0.565 bits per heavy atom. The van der Waals surface area contributed by atoms with Gasteiger partial charge in [-0.1, -0.05) is 0 Å². The van der Waals surface area contributed by atoms with Crippen molar-refractivity contribution in [3.05, 3.63) is 143 Å². The van der Waals surface area contributed by atoms with Crippen LogP contribution in [-0.2, 0) is 17.4 Å². The SMILES string of the molecule is CC1=Cc2c(-c3cnc4ccccc4c3)cccc2[CH]1[Zr]([CH3])([CH3])(=[SiH2])[CH]1C(C)=Cc2c(-c3cnc4ccccc4c3)cccc21.Cl.Cl. The van der Waals surface area contributed by atoms with E-state index in [0.29, 0.717) is 7.25 Å². The van der Waals surface area contributed by atoms with Gasteiger partial charge in [-0.2, -0.15) is 0 Å². The van der Waals surface area contributed by atoms with Gasteiger partial charge >= 0.3 is 264 Å². The summed E-state index contributed by atoms with van der Waals surface area (Å²) in [6.07, 6.45) is 9.08. The van der Waals surface area contributed by atoms with Crippen LogP contribution in [0.4, 0.5) is 0 Å². The molecule has 4 aromatic carbocycles. The molecule has 8 rings (SSSR count). The molecule has 2 unspecified atom stereocenters. The first-order valence-corrected chi connectivity index (χ1v) is 29.3. The van der Waals surface area contributed by atoms with Crippen molar-refractivity contribution in [3.63, 3.8) is 0 Å². The minimum Gasteiger partial charge on any atom is -0.147 e. The number of hydrogen-bond donors (Lipinski definition) is 0. The summed E-state index contributed by atoms with van der Waals surface area (Å²) in [4.78, 5) is 9.63. The Balaban J connectivity index is 0.00000186. The predicted molar refractivity (Wildman–Crippen MR) is 202 cm³/mol. The first-order chi connectivity index (χ1) is 21.2. The Labute approximate surface area is 286 Å². The Bertz CT molecular complexity index is 2160. The predicted octanol–water partition coefficient (Wildman–Crippen LogP) is 10.9. The molecular formula is C40H38Cl2N2SiZr. The normalized spacial score (nSPS) is 17.1. The van der Waals surface area contributed by atoms with Crippen LogP contribution in [0.2, 0.25) is 9.26 Å². The van der Waals surface area contributed by atoms with Crippen LogP contribution in [0.25, 0.3) is 56.2 Å². The largest absolute Gasteiger partial charge is 0.147 e. The molecule has 2 heterocycles. The van der Waals surface area contributed by atoms with Crippen molar-refractivity contribution in [1.82, 2.24) is 9.97 Å². The van der Waals surface area contributed by atoms with E-state index in [-0.39, 0.29) is 24.8 Å². The molecule has 2 atom stereocenters. The molecule has 0 bridgehead atoms. The second-order valence-corrected chi connectivity index (χ2v) is 44.5. The first kappa shape index (κ1) is 32.8. The fourth-order valence-corrected chi connectivity index (χ4v) is 30.0. The van der Waals surface area contributed by atoms with Gasteiger partial charge in [0.15, 0.2) is 0 Å². The van der Waals surface area contributed by atoms with E-state index < -0.39 is 17.4 Å². The van der Waals surface area contributed by atoms with Gasteiger partial charge in [-0.25, -0.2) is 0 Å². The van der Waals surface area contributed by atoms with Crippen LogP contribution in [0.1, 0.15) is 43.4 Å². The van der Waals surface area contributed by atoms with Crippen LogP contribution in [-0.4, -0.2) is 16.8 Å². The summed E-state index contributed by atoms with van der Waals surface area (Å²) in [5, 5.41) is 2.37. The van der Waals surface area contributed by atoms with Gasteiger partial charge in [0.25, 0.3) is 0 Å². The Hall–Kier alpha value is -3.14. The average molecular weight is 737 g/mol. The molecule has 0 saturated heterocycles. The number of rotatable bonds is 4. The third kappa shape index (κ3) is 5.10. The summed E-state index contributed by atoms with van der Waals surface area (Å²) in [5.41, 5.74) is 15.9.